The van der Waals surface area contributed by atoms with Crippen LogP contribution in [0.4, 0.5) is 0 Å². The van der Waals surface area contributed by atoms with Crippen LogP contribution >= 0.6 is 0 Å². The molecule has 0 bridgehead atoms. The zero-order valence-electron chi connectivity index (χ0n) is 6.14. The maximum absolute atomic E-state index is 11.1. The lowest BCUT2D eigenvalue weighted by atomic mass is 10.4. The highest BCUT2D eigenvalue weighted by atomic mass is 32.2. The molecule has 0 aromatic rings. The predicted octanol–water partition coefficient (Wildman–Crippen LogP) is -0.424. The topological polar surface area (TPSA) is 61.8 Å². The largest absolute Gasteiger partial charge is 0.305 e. The van der Waals surface area contributed by atoms with Gasteiger partial charge in [-0.1, -0.05) is 0 Å². The molecule has 2 rings (SSSR count). The molecule has 64 valence electrons. The van der Waals surface area contributed by atoms with E-state index in [4.69, 9.17) is 0 Å². The number of hydrogen-bond acceptors (Lipinski definition) is 4. The average molecular weight is 185 g/mol. The van der Waals surface area contributed by atoms with Crippen LogP contribution in [0.1, 0.15) is 0 Å². The van der Waals surface area contributed by atoms with E-state index in [0.717, 1.165) is 5.70 Å². The van der Waals surface area contributed by atoms with Crippen LogP contribution in [0.25, 0.3) is 0 Å². The fraction of sp³-hybridized carbons (Fsp3) is 0.167. The molecular formula is C6H7N3O2S. The van der Waals surface area contributed by atoms with Gasteiger partial charge < -0.3 is 5.43 Å². The van der Waals surface area contributed by atoms with Crippen LogP contribution in [0.3, 0.4) is 0 Å². The van der Waals surface area contributed by atoms with Crippen LogP contribution in [-0.2, 0) is 10.0 Å². The fourth-order valence-electron chi connectivity index (χ4n) is 1.03. The summed E-state index contributed by atoms with van der Waals surface area (Å²) in [5, 5.41) is 1.52. The van der Waals surface area contributed by atoms with Crippen molar-refractivity contribution in [3.8, 4) is 0 Å². The van der Waals surface area contributed by atoms with Gasteiger partial charge in [0.15, 0.2) is 5.88 Å². The number of fused-ring (bicyclic) bond motifs is 1. The number of rotatable bonds is 0. The van der Waals surface area contributed by atoms with Crippen molar-refractivity contribution in [1.82, 2.24) is 10.4 Å². The molecule has 0 aromatic carbocycles. The van der Waals surface area contributed by atoms with Gasteiger partial charge in [0.2, 0.25) is 0 Å². The van der Waals surface area contributed by atoms with E-state index in [9.17, 15) is 8.42 Å². The zero-order valence-corrected chi connectivity index (χ0v) is 6.95. The van der Waals surface area contributed by atoms with Crippen molar-refractivity contribution in [2.45, 2.75) is 0 Å². The van der Waals surface area contributed by atoms with E-state index in [-0.39, 0.29) is 5.88 Å². The number of hydrazine groups is 1. The van der Waals surface area contributed by atoms with Crippen LogP contribution in [0.5, 0.6) is 0 Å². The summed E-state index contributed by atoms with van der Waals surface area (Å²) in [6.45, 7) is 0. The second-order valence-electron chi connectivity index (χ2n) is 2.45. The second-order valence-corrected chi connectivity index (χ2v) is 4.08. The Balaban J connectivity index is 2.37. The minimum atomic E-state index is -3.33. The zero-order chi connectivity index (χ0) is 8.60. The van der Waals surface area contributed by atoms with Crippen molar-refractivity contribution in [3.05, 3.63) is 24.0 Å². The second kappa shape index (κ2) is 2.34. The van der Waals surface area contributed by atoms with Gasteiger partial charge in [0.1, 0.15) is 0 Å². The summed E-state index contributed by atoms with van der Waals surface area (Å²) in [7, 11) is -3.33. The number of sulfonamides is 1. The van der Waals surface area contributed by atoms with Gasteiger partial charge in [0.25, 0.3) is 10.0 Å². The molecule has 0 aliphatic carbocycles. The Morgan fingerprint density at radius 3 is 3.25 bits per heavy atom. The fourth-order valence-corrected chi connectivity index (χ4v) is 1.89. The van der Waals surface area contributed by atoms with Gasteiger partial charge >= 0.3 is 0 Å². The third-order valence-electron chi connectivity index (χ3n) is 1.56. The molecular weight excluding hydrogens is 178 g/mol. The average Bonchev–Trinajstić information content (AvgIpc) is 2.31. The highest BCUT2D eigenvalue weighted by Gasteiger charge is 2.20. The first kappa shape index (κ1) is 7.35. The Labute approximate surface area is 70.1 Å². The standard InChI is InChI=1S/C6H7N3O2S/c10-12(11)5-9-6(1-3-7-9)2-4-8-12/h1-4,7H,5H2. The summed E-state index contributed by atoms with van der Waals surface area (Å²) >= 11 is 0. The first-order valence-corrected chi connectivity index (χ1v) is 4.97. The van der Waals surface area contributed by atoms with Crippen molar-refractivity contribution >= 4 is 16.2 Å². The lowest BCUT2D eigenvalue weighted by molar-refractivity contribution is 0.360. The van der Waals surface area contributed by atoms with Crippen LogP contribution in [0.2, 0.25) is 0 Å². The molecule has 0 radical (unpaired) electrons. The Morgan fingerprint density at radius 2 is 2.42 bits per heavy atom. The molecule has 2 heterocycles. The van der Waals surface area contributed by atoms with Crippen LogP contribution in [0, 0.1) is 0 Å². The molecule has 0 amide bonds. The number of hydrogen-bond donors (Lipinski definition) is 1. The van der Waals surface area contributed by atoms with Gasteiger partial charge in [-0.15, -0.1) is 0 Å². The lowest BCUT2D eigenvalue weighted by Gasteiger charge is -2.16. The number of allylic oxidation sites excluding steroid dienone is 2. The van der Waals surface area contributed by atoms with E-state index < -0.39 is 10.0 Å². The Bertz CT molecular complexity index is 380. The van der Waals surface area contributed by atoms with Crippen molar-refractivity contribution in [3.63, 3.8) is 0 Å². The van der Waals surface area contributed by atoms with E-state index in [1.54, 1.807) is 18.4 Å². The van der Waals surface area contributed by atoms with Crippen molar-refractivity contribution in [1.29, 1.82) is 0 Å². The quantitative estimate of drug-likeness (QED) is 0.556. The van der Waals surface area contributed by atoms with E-state index in [0.29, 0.717) is 0 Å². The van der Waals surface area contributed by atoms with Gasteiger partial charge in [-0.05, 0) is 12.2 Å². The molecule has 0 fully saturated rings. The summed E-state index contributed by atoms with van der Waals surface area (Å²) in [5.41, 5.74) is 3.58. The monoisotopic (exact) mass is 185 g/mol. The highest BCUT2D eigenvalue weighted by molar-refractivity contribution is 7.90. The first-order chi connectivity index (χ1) is 5.67. The minimum Gasteiger partial charge on any atom is -0.305 e. The van der Waals surface area contributed by atoms with E-state index in [1.165, 1.54) is 11.2 Å². The molecule has 0 aromatic heterocycles. The third kappa shape index (κ3) is 1.20. The minimum absolute atomic E-state index is 0.123. The van der Waals surface area contributed by atoms with Crippen LogP contribution in [-0.4, -0.2) is 25.5 Å². The van der Waals surface area contributed by atoms with E-state index >= 15 is 0 Å². The number of nitrogens with zero attached hydrogens (tertiary/aromatic N) is 2. The molecule has 6 heteroatoms. The maximum Gasteiger partial charge on any atom is 0.273 e. The summed E-state index contributed by atoms with van der Waals surface area (Å²) in [4.78, 5) is 0. The molecule has 1 N–H and O–H groups in total. The van der Waals surface area contributed by atoms with Crippen LogP contribution in [0.15, 0.2) is 28.4 Å². The molecule has 5 nitrogen and oxygen atoms in total. The smallest absolute Gasteiger partial charge is 0.273 e. The van der Waals surface area contributed by atoms with Gasteiger partial charge in [-0.25, -0.2) is 8.42 Å². The molecule has 12 heavy (non-hydrogen) atoms. The van der Waals surface area contributed by atoms with Crippen molar-refractivity contribution in [2.75, 3.05) is 5.88 Å². The molecule has 0 saturated carbocycles. The van der Waals surface area contributed by atoms with Gasteiger partial charge in [-0.3, -0.25) is 5.01 Å². The SMILES string of the molecule is O=S1(=O)CN2NC=CC2=CC=N1. The molecule has 0 saturated heterocycles. The van der Waals surface area contributed by atoms with Crippen molar-refractivity contribution in [2.24, 2.45) is 4.40 Å². The van der Waals surface area contributed by atoms with Crippen LogP contribution < -0.4 is 5.43 Å². The van der Waals surface area contributed by atoms with Gasteiger partial charge in [0, 0.05) is 12.4 Å². The van der Waals surface area contributed by atoms with Gasteiger partial charge in [-0.2, -0.15) is 4.40 Å². The maximum atomic E-state index is 11.1. The van der Waals surface area contributed by atoms with E-state index in [2.05, 4.69) is 9.82 Å². The Kier molecular flexibility index (Phi) is 1.44. The van der Waals surface area contributed by atoms with Crippen molar-refractivity contribution < 1.29 is 8.42 Å². The van der Waals surface area contributed by atoms with E-state index in [1.807, 2.05) is 0 Å². The number of nitrogens with one attached hydrogen (secondary N) is 1. The van der Waals surface area contributed by atoms with Gasteiger partial charge in [0.05, 0.1) is 5.70 Å². The molecule has 0 atom stereocenters. The summed E-state index contributed by atoms with van der Waals surface area (Å²) in [5.74, 6) is -0.123. The Morgan fingerprint density at radius 1 is 1.58 bits per heavy atom. The Hall–Kier alpha value is -1.30. The summed E-state index contributed by atoms with van der Waals surface area (Å²) in [6, 6.07) is 0. The summed E-state index contributed by atoms with van der Waals surface area (Å²) < 4.78 is 25.5. The molecule has 2 aliphatic rings. The lowest BCUT2D eigenvalue weighted by Crippen LogP contribution is -2.32. The molecule has 0 spiro atoms. The highest BCUT2D eigenvalue weighted by Crippen LogP contribution is 2.13. The molecule has 2 aliphatic heterocycles. The normalized spacial score (nSPS) is 24.3. The first-order valence-electron chi connectivity index (χ1n) is 3.36. The predicted molar refractivity (Wildman–Crippen MR) is 44.5 cm³/mol. The molecule has 0 unspecified atom stereocenters. The third-order valence-corrected chi connectivity index (χ3v) is 2.58. The summed E-state index contributed by atoms with van der Waals surface area (Å²) in [6.07, 6.45) is 6.40.